The molecule has 0 aromatic heterocycles. The fourth-order valence-corrected chi connectivity index (χ4v) is 4.15. The van der Waals surface area contributed by atoms with Crippen LogP contribution >= 0.6 is 0 Å². The summed E-state index contributed by atoms with van der Waals surface area (Å²) in [7, 11) is 1.62. The molecule has 7 nitrogen and oxygen atoms in total. The molecule has 176 valence electrons. The summed E-state index contributed by atoms with van der Waals surface area (Å²) in [4.78, 5) is 40.5. The third-order valence-corrected chi connectivity index (χ3v) is 5.99. The molecule has 0 radical (unpaired) electrons. The van der Waals surface area contributed by atoms with Crippen LogP contribution in [0.15, 0.2) is 54.6 Å². The molecule has 0 spiro atoms. The van der Waals surface area contributed by atoms with Gasteiger partial charge in [-0.25, -0.2) is 0 Å². The largest absolute Gasteiger partial charge is 0.385 e. The molecule has 0 saturated carbocycles. The minimum absolute atomic E-state index is 0.00147. The molecule has 0 aliphatic carbocycles. The van der Waals surface area contributed by atoms with Crippen LogP contribution in [0.4, 0.5) is 0 Å². The molecular formula is C26H33N3O4. The summed E-state index contributed by atoms with van der Waals surface area (Å²) in [5.74, 6) is -0.516. The fourth-order valence-electron chi connectivity index (χ4n) is 4.15. The summed E-state index contributed by atoms with van der Waals surface area (Å²) in [5.41, 5.74) is 2.18. The summed E-state index contributed by atoms with van der Waals surface area (Å²) in [5, 5.41) is 5.89. The van der Waals surface area contributed by atoms with Gasteiger partial charge in [0.05, 0.1) is 0 Å². The van der Waals surface area contributed by atoms with Crippen LogP contribution in [0.1, 0.15) is 45.5 Å². The summed E-state index contributed by atoms with van der Waals surface area (Å²) >= 11 is 0. The predicted molar refractivity (Wildman–Crippen MR) is 127 cm³/mol. The molecule has 1 fully saturated rings. The van der Waals surface area contributed by atoms with Crippen molar-refractivity contribution in [2.45, 2.75) is 32.2 Å². The van der Waals surface area contributed by atoms with Crippen molar-refractivity contribution in [1.82, 2.24) is 15.5 Å². The first-order valence-electron chi connectivity index (χ1n) is 11.5. The molecule has 1 aliphatic rings. The van der Waals surface area contributed by atoms with Crippen LogP contribution < -0.4 is 10.6 Å². The van der Waals surface area contributed by atoms with E-state index in [9.17, 15) is 14.4 Å². The topological polar surface area (TPSA) is 87.7 Å². The number of carbonyl (C=O) groups excluding carboxylic acids is 3. The van der Waals surface area contributed by atoms with E-state index in [4.69, 9.17) is 4.74 Å². The molecule has 1 saturated heterocycles. The smallest absolute Gasteiger partial charge is 0.253 e. The Balaban J connectivity index is 1.66. The van der Waals surface area contributed by atoms with Crippen molar-refractivity contribution in [3.05, 3.63) is 71.3 Å². The van der Waals surface area contributed by atoms with Crippen LogP contribution in [0.25, 0.3) is 0 Å². The number of aryl methyl sites for hydroxylation is 1. The molecule has 1 aliphatic heterocycles. The van der Waals surface area contributed by atoms with Crippen molar-refractivity contribution in [3.8, 4) is 0 Å². The van der Waals surface area contributed by atoms with E-state index in [-0.39, 0.29) is 23.6 Å². The summed E-state index contributed by atoms with van der Waals surface area (Å²) in [6, 6.07) is 15.9. The number of hydrogen-bond donors (Lipinski definition) is 2. The number of hydrogen-bond acceptors (Lipinski definition) is 4. The molecule has 2 N–H and O–H groups in total. The van der Waals surface area contributed by atoms with Crippen LogP contribution in [0.2, 0.25) is 0 Å². The highest BCUT2D eigenvalue weighted by molar-refractivity contribution is 5.98. The molecule has 7 heteroatoms. The number of amides is 3. The molecule has 0 bridgehead atoms. The summed E-state index contributed by atoms with van der Waals surface area (Å²) in [6.45, 7) is 4.06. The molecule has 2 aromatic rings. The molecule has 1 heterocycles. The monoisotopic (exact) mass is 451 g/mol. The molecule has 2 aromatic carbocycles. The number of nitrogens with zero attached hydrogens (tertiary/aromatic N) is 1. The average Bonchev–Trinajstić information content (AvgIpc) is 2.85. The van der Waals surface area contributed by atoms with Crippen LogP contribution in [-0.2, 0) is 9.53 Å². The number of piperidine rings is 1. The van der Waals surface area contributed by atoms with Crippen LogP contribution in [0, 0.1) is 12.8 Å². The highest BCUT2D eigenvalue weighted by Gasteiger charge is 2.34. The molecule has 33 heavy (non-hydrogen) atoms. The van der Waals surface area contributed by atoms with Gasteiger partial charge in [-0.3, -0.25) is 14.4 Å². The molecule has 3 amide bonds. The normalized spacial score (nSPS) is 15.0. The fraction of sp³-hybridized carbons (Fsp3) is 0.423. The Morgan fingerprint density at radius 3 is 2.39 bits per heavy atom. The number of benzene rings is 2. The van der Waals surface area contributed by atoms with E-state index in [1.807, 2.05) is 60.4 Å². The third-order valence-electron chi connectivity index (χ3n) is 5.99. The second-order valence-corrected chi connectivity index (χ2v) is 8.45. The maximum absolute atomic E-state index is 13.0. The zero-order chi connectivity index (χ0) is 23.6. The Morgan fingerprint density at radius 1 is 1.03 bits per heavy atom. The van der Waals surface area contributed by atoms with E-state index in [1.54, 1.807) is 13.2 Å². The highest BCUT2D eigenvalue weighted by Crippen LogP contribution is 2.23. The maximum Gasteiger partial charge on any atom is 0.253 e. The first-order chi connectivity index (χ1) is 16.0. The lowest BCUT2D eigenvalue weighted by molar-refractivity contribution is -0.124. The Morgan fingerprint density at radius 2 is 1.73 bits per heavy atom. The molecule has 1 atom stereocenters. The number of ether oxygens (including phenoxy) is 1. The van der Waals surface area contributed by atoms with E-state index in [0.29, 0.717) is 56.6 Å². The van der Waals surface area contributed by atoms with Crippen LogP contribution in [0.5, 0.6) is 0 Å². The van der Waals surface area contributed by atoms with Crippen molar-refractivity contribution >= 4 is 17.7 Å². The lowest BCUT2D eigenvalue weighted by Crippen LogP contribution is -2.54. The van der Waals surface area contributed by atoms with Crippen LogP contribution in [0.3, 0.4) is 0 Å². The summed E-state index contributed by atoms with van der Waals surface area (Å²) in [6.07, 6.45) is 1.98. The quantitative estimate of drug-likeness (QED) is 0.574. The minimum atomic E-state index is -0.658. The van der Waals surface area contributed by atoms with Crippen molar-refractivity contribution in [2.24, 2.45) is 5.92 Å². The van der Waals surface area contributed by atoms with Gasteiger partial charge in [-0.15, -0.1) is 0 Å². The number of methoxy groups -OCH3 is 1. The molecule has 0 unspecified atom stereocenters. The van der Waals surface area contributed by atoms with Crippen molar-refractivity contribution in [3.63, 3.8) is 0 Å². The number of nitrogens with one attached hydrogen (secondary N) is 2. The first-order valence-corrected chi connectivity index (χ1v) is 11.5. The Labute approximate surface area is 195 Å². The highest BCUT2D eigenvalue weighted by atomic mass is 16.5. The lowest BCUT2D eigenvalue weighted by Gasteiger charge is -2.36. The van der Waals surface area contributed by atoms with E-state index in [1.165, 1.54) is 0 Å². The van der Waals surface area contributed by atoms with E-state index in [2.05, 4.69) is 10.6 Å². The van der Waals surface area contributed by atoms with E-state index < -0.39 is 6.04 Å². The predicted octanol–water partition coefficient (Wildman–Crippen LogP) is 2.80. The molecule has 3 rings (SSSR count). The van der Waals surface area contributed by atoms with Gasteiger partial charge in [-0.2, -0.15) is 0 Å². The van der Waals surface area contributed by atoms with Gasteiger partial charge in [-0.1, -0.05) is 35.9 Å². The van der Waals surface area contributed by atoms with Gasteiger partial charge in [0.15, 0.2) is 0 Å². The van der Waals surface area contributed by atoms with Gasteiger partial charge < -0.3 is 20.3 Å². The van der Waals surface area contributed by atoms with Gasteiger partial charge in [0.2, 0.25) is 5.91 Å². The maximum atomic E-state index is 13.0. The number of rotatable bonds is 9. The number of likely N-dealkylation sites (tertiary alicyclic amines) is 1. The zero-order valence-electron chi connectivity index (χ0n) is 19.4. The Bertz CT molecular complexity index is 940. The standard InChI is InChI=1S/C26H33N3O4/c1-19-8-6-11-22(18-19)24(30)28-23(25(31)27-14-7-17-33-2)20-12-15-29(16-13-20)26(32)21-9-4-3-5-10-21/h3-6,8-11,18,20,23H,7,12-17H2,1-2H3,(H,27,31)(H,28,30)/t23-/m0/s1. The number of carbonyl (C=O) groups is 3. The lowest BCUT2D eigenvalue weighted by atomic mass is 9.88. The van der Waals surface area contributed by atoms with E-state index >= 15 is 0 Å². The first kappa shape index (κ1) is 24.5. The van der Waals surface area contributed by atoms with Crippen molar-refractivity contribution in [2.75, 3.05) is 33.4 Å². The Kier molecular flexibility index (Phi) is 9.01. The van der Waals surface area contributed by atoms with Gasteiger partial charge >= 0.3 is 0 Å². The molecular weight excluding hydrogens is 418 g/mol. The van der Waals surface area contributed by atoms with Gasteiger partial charge in [0, 0.05) is 44.5 Å². The second-order valence-electron chi connectivity index (χ2n) is 8.45. The second kappa shape index (κ2) is 12.2. The minimum Gasteiger partial charge on any atom is -0.385 e. The SMILES string of the molecule is COCCCNC(=O)[C@@H](NC(=O)c1cccc(C)c1)C1CCN(C(=O)c2ccccc2)CC1. The average molecular weight is 452 g/mol. The van der Waals surface area contributed by atoms with Crippen molar-refractivity contribution in [1.29, 1.82) is 0 Å². The Hall–Kier alpha value is -3.19. The zero-order valence-corrected chi connectivity index (χ0v) is 19.4. The third kappa shape index (κ3) is 6.89. The van der Waals surface area contributed by atoms with E-state index in [0.717, 1.165) is 5.56 Å². The summed E-state index contributed by atoms with van der Waals surface area (Å²) < 4.78 is 5.05. The van der Waals surface area contributed by atoms with Crippen LogP contribution in [-0.4, -0.2) is 62.0 Å². The van der Waals surface area contributed by atoms with Gasteiger partial charge in [-0.05, 0) is 56.4 Å². The van der Waals surface area contributed by atoms with Gasteiger partial charge in [0.1, 0.15) is 6.04 Å². The van der Waals surface area contributed by atoms with Gasteiger partial charge in [0.25, 0.3) is 11.8 Å². The van der Waals surface area contributed by atoms with Crippen molar-refractivity contribution < 1.29 is 19.1 Å².